The second-order valence-electron chi connectivity index (χ2n) is 5.78. The van der Waals surface area contributed by atoms with Crippen molar-refractivity contribution in [2.45, 2.75) is 38.2 Å². The first-order valence-electron chi connectivity index (χ1n) is 6.64. The molecule has 1 aliphatic carbocycles. The summed E-state index contributed by atoms with van der Waals surface area (Å²) in [6.45, 7) is 4.30. The van der Waals surface area contributed by atoms with Crippen molar-refractivity contribution in [1.29, 1.82) is 0 Å². The van der Waals surface area contributed by atoms with Gasteiger partial charge in [0.2, 0.25) is 0 Å². The van der Waals surface area contributed by atoms with Crippen molar-refractivity contribution in [2.75, 3.05) is 18.5 Å². The summed E-state index contributed by atoms with van der Waals surface area (Å²) in [7, 11) is 0. The molecule has 1 aromatic carbocycles. The van der Waals surface area contributed by atoms with Gasteiger partial charge in [-0.3, -0.25) is 4.79 Å². The lowest BCUT2D eigenvalue weighted by molar-refractivity contribution is 0.0957. The number of nitrogens with one attached hydrogen (secondary N) is 1. The standard InChI is InChI=1S/C15H21NO3/c1-15(2)6-5-14(19)12-7-10(3-4-13(12)15)16-8-11(18)9-17/h3-4,7,11,16-18H,5-6,8-9H2,1-2H3. The van der Waals surface area contributed by atoms with Crippen LogP contribution in [0.3, 0.4) is 0 Å². The Labute approximate surface area is 113 Å². The molecule has 0 fully saturated rings. The summed E-state index contributed by atoms with van der Waals surface area (Å²) in [6, 6.07) is 5.76. The number of Topliss-reactive ketones (excluding diaryl/α,β-unsaturated/α-hetero) is 1. The lowest BCUT2D eigenvalue weighted by Crippen LogP contribution is -2.28. The highest BCUT2D eigenvalue weighted by Crippen LogP contribution is 2.37. The summed E-state index contributed by atoms with van der Waals surface area (Å²) in [5.74, 6) is 0.181. The lowest BCUT2D eigenvalue weighted by Gasteiger charge is -2.32. The van der Waals surface area contributed by atoms with Crippen molar-refractivity contribution in [2.24, 2.45) is 0 Å². The number of aliphatic hydroxyl groups excluding tert-OH is 2. The van der Waals surface area contributed by atoms with Crippen LogP contribution in [0.4, 0.5) is 5.69 Å². The number of hydrogen-bond donors (Lipinski definition) is 3. The fraction of sp³-hybridized carbons (Fsp3) is 0.533. The van der Waals surface area contributed by atoms with E-state index in [4.69, 9.17) is 5.11 Å². The normalized spacial score (nSPS) is 18.8. The molecule has 0 heterocycles. The Morgan fingerprint density at radius 1 is 1.42 bits per heavy atom. The van der Waals surface area contributed by atoms with Crippen molar-refractivity contribution in [3.63, 3.8) is 0 Å². The van der Waals surface area contributed by atoms with E-state index >= 15 is 0 Å². The van der Waals surface area contributed by atoms with Gasteiger partial charge >= 0.3 is 0 Å². The lowest BCUT2D eigenvalue weighted by atomic mass is 9.72. The minimum Gasteiger partial charge on any atom is -0.394 e. The third-order valence-corrected chi connectivity index (χ3v) is 3.78. The second-order valence-corrected chi connectivity index (χ2v) is 5.78. The van der Waals surface area contributed by atoms with E-state index < -0.39 is 6.10 Å². The Balaban J connectivity index is 2.23. The van der Waals surface area contributed by atoms with E-state index in [1.54, 1.807) is 0 Å². The number of anilines is 1. The Morgan fingerprint density at radius 3 is 2.84 bits per heavy atom. The van der Waals surface area contributed by atoms with Gasteiger partial charge in [-0.05, 0) is 29.5 Å². The Kier molecular flexibility index (Phi) is 3.92. The molecule has 104 valence electrons. The zero-order valence-corrected chi connectivity index (χ0v) is 11.4. The van der Waals surface area contributed by atoms with E-state index in [2.05, 4.69) is 19.2 Å². The molecule has 1 aliphatic rings. The van der Waals surface area contributed by atoms with Crippen molar-refractivity contribution < 1.29 is 15.0 Å². The monoisotopic (exact) mass is 263 g/mol. The van der Waals surface area contributed by atoms with Crippen LogP contribution >= 0.6 is 0 Å². The van der Waals surface area contributed by atoms with E-state index in [1.165, 1.54) is 0 Å². The molecule has 1 unspecified atom stereocenters. The number of rotatable bonds is 4. The Bertz CT molecular complexity index is 482. The molecule has 3 N–H and O–H groups in total. The topological polar surface area (TPSA) is 69.6 Å². The molecule has 0 bridgehead atoms. The highest BCUT2D eigenvalue weighted by Gasteiger charge is 2.31. The average molecular weight is 263 g/mol. The van der Waals surface area contributed by atoms with Crippen LogP contribution in [0.2, 0.25) is 0 Å². The molecule has 0 aliphatic heterocycles. The molecule has 0 aromatic heterocycles. The fourth-order valence-corrected chi connectivity index (χ4v) is 2.47. The maximum Gasteiger partial charge on any atom is 0.163 e. The molecular weight excluding hydrogens is 242 g/mol. The van der Waals surface area contributed by atoms with Gasteiger partial charge in [0.15, 0.2) is 5.78 Å². The first-order valence-corrected chi connectivity index (χ1v) is 6.64. The maximum atomic E-state index is 12.0. The molecule has 0 spiro atoms. The average Bonchev–Trinajstić information content (AvgIpc) is 2.40. The molecule has 4 nitrogen and oxygen atoms in total. The van der Waals surface area contributed by atoms with Crippen LogP contribution in [0.25, 0.3) is 0 Å². The minimum atomic E-state index is -0.789. The summed E-state index contributed by atoms with van der Waals surface area (Å²) >= 11 is 0. The summed E-state index contributed by atoms with van der Waals surface area (Å²) in [6.07, 6.45) is 0.681. The zero-order valence-electron chi connectivity index (χ0n) is 11.4. The minimum absolute atomic E-state index is 0.0341. The van der Waals surface area contributed by atoms with Crippen LogP contribution in [0.5, 0.6) is 0 Å². The van der Waals surface area contributed by atoms with Gasteiger partial charge < -0.3 is 15.5 Å². The van der Waals surface area contributed by atoms with E-state index in [-0.39, 0.29) is 24.3 Å². The number of carbonyl (C=O) groups excluding carboxylic acids is 1. The van der Waals surface area contributed by atoms with Crippen LogP contribution < -0.4 is 5.32 Å². The van der Waals surface area contributed by atoms with Gasteiger partial charge in [-0.15, -0.1) is 0 Å². The number of hydrogen-bond acceptors (Lipinski definition) is 4. The molecular formula is C15H21NO3. The van der Waals surface area contributed by atoms with Crippen LogP contribution in [0, 0.1) is 0 Å². The van der Waals surface area contributed by atoms with E-state index in [9.17, 15) is 9.90 Å². The number of fused-ring (bicyclic) bond motifs is 1. The number of benzene rings is 1. The Morgan fingerprint density at radius 2 is 2.16 bits per heavy atom. The zero-order chi connectivity index (χ0) is 14.0. The highest BCUT2D eigenvalue weighted by molar-refractivity contribution is 6.00. The van der Waals surface area contributed by atoms with Gasteiger partial charge in [-0.25, -0.2) is 0 Å². The van der Waals surface area contributed by atoms with Crippen LogP contribution in [-0.2, 0) is 5.41 Å². The molecule has 1 atom stereocenters. The molecule has 0 saturated heterocycles. The van der Waals surface area contributed by atoms with E-state index in [1.807, 2.05) is 18.2 Å². The number of aliphatic hydroxyl groups is 2. The predicted octanol–water partition coefficient (Wildman–Crippen LogP) is 1.71. The first-order chi connectivity index (χ1) is 8.94. The summed E-state index contributed by atoms with van der Waals surface area (Å²) in [5, 5.41) is 21.1. The van der Waals surface area contributed by atoms with Crippen molar-refractivity contribution >= 4 is 11.5 Å². The molecule has 4 heteroatoms. The third kappa shape index (κ3) is 2.96. The van der Waals surface area contributed by atoms with Gasteiger partial charge in [-0.2, -0.15) is 0 Å². The van der Waals surface area contributed by atoms with E-state index in [0.29, 0.717) is 6.42 Å². The largest absolute Gasteiger partial charge is 0.394 e. The summed E-state index contributed by atoms with van der Waals surface area (Å²) in [5.41, 5.74) is 2.71. The van der Waals surface area contributed by atoms with Crippen LogP contribution in [-0.4, -0.2) is 35.3 Å². The Hall–Kier alpha value is -1.39. The number of ketones is 1. The van der Waals surface area contributed by atoms with Gasteiger partial charge in [-0.1, -0.05) is 19.9 Å². The molecule has 19 heavy (non-hydrogen) atoms. The van der Waals surface area contributed by atoms with Gasteiger partial charge in [0, 0.05) is 24.2 Å². The van der Waals surface area contributed by atoms with Crippen molar-refractivity contribution in [3.8, 4) is 0 Å². The molecule has 1 aromatic rings. The highest BCUT2D eigenvalue weighted by atomic mass is 16.3. The summed E-state index contributed by atoms with van der Waals surface area (Å²) < 4.78 is 0. The predicted molar refractivity (Wildman–Crippen MR) is 74.6 cm³/mol. The molecule has 0 amide bonds. The van der Waals surface area contributed by atoms with Gasteiger partial charge in [0.05, 0.1) is 12.7 Å². The van der Waals surface area contributed by atoms with Crippen LogP contribution in [0.1, 0.15) is 42.6 Å². The molecule has 2 rings (SSSR count). The summed E-state index contributed by atoms with van der Waals surface area (Å²) in [4.78, 5) is 12.0. The third-order valence-electron chi connectivity index (χ3n) is 3.78. The number of carbonyl (C=O) groups is 1. The maximum absolute atomic E-state index is 12.0. The van der Waals surface area contributed by atoms with Crippen LogP contribution in [0.15, 0.2) is 18.2 Å². The van der Waals surface area contributed by atoms with Gasteiger partial charge in [0.1, 0.15) is 0 Å². The van der Waals surface area contributed by atoms with E-state index in [0.717, 1.165) is 23.2 Å². The van der Waals surface area contributed by atoms with Crippen molar-refractivity contribution in [3.05, 3.63) is 29.3 Å². The smallest absolute Gasteiger partial charge is 0.163 e. The second kappa shape index (κ2) is 5.31. The quantitative estimate of drug-likeness (QED) is 0.773. The van der Waals surface area contributed by atoms with Gasteiger partial charge in [0.25, 0.3) is 0 Å². The first kappa shape index (κ1) is 14.0. The van der Waals surface area contributed by atoms with Crippen molar-refractivity contribution in [1.82, 2.24) is 0 Å². The fourth-order valence-electron chi connectivity index (χ4n) is 2.47. The SMILES string of the molecule is CC1(C)CCC(=O)c2cc(NCC(O)CO)ccc21. The molecule has 0 saturated carbocycles. The molecule has 0 radical (unpaired) electrons.